The summed E-state index contributed by atoms with van der Waals surface area (Å²) in [4.78, 5) is 13.4. The molecule has 0 spiro atoms. The number of hydrogen-bond acceptors (Lipinski definition) is 3. The summed E-state index contributed by atoms with van der Waals surface area (Å²) in [7, 11) is 1.79. The lowest BCUT2D eigenvalue weighted by Gasteiger charge is -2.24. The van der Waals surface area contributed by atoms with Crippen LogP contribution >= 0.6 is 0 Å². The first-order valence-corrected chi connectivity index (χ1v) is 7.43. The van der Waals surface area contributed by atoms with Crippen LogP contribution in [0, 0.1) is 0 Å². The van der Waals surface area contributed by atoms with E-state index in [0.717, 1.165) is 19.5 Å². The molecule has 0 aliphatic rings. The maximum absolute atomic E-state index is 11.7. The fourth-order valence-electron chi connectivity index (χ4n) is 1.71. The van der Waals surface area contributed by atoms with Gasteiger partial charge in [-0.15, -0.1) is 0 Å². The first-order valence-electron chi connectivity index (χ1n) is 7.43. The molecule has 0 saturated heterocycles. The first-order chi connectivity index (χ1) is 8.76. The predicted octanol–water partition coefficient (Wildman–Crippen LogP) is 3.41. The minimum Gasteiger partial charge on any atom is -0.444 e. The number of unbranched alkanes of at least 4 members (excludes halogenated alkanes) is 1. The van der Waals surface area contributed by atoms with E-state index < -0.39 is 5.60 Å². The maximum Gasteiger partial charge on any atom is 0.410 e. The van der Waals surface area contributed by atoms with E-state index in [1.54, 1.807) is 11.9 Å². The van der Waals surface area contributed by atoms with Crippen molar-refractivity contribution in [1.82, 2.24) is 10.2 Å². The van der Waals surface area contributed by atoms with E-state index in [1.807, 2.05) is 20.8 Å². The van der Waals surface area contributed by atoms with Gasteiger partial charge in [0.25, 0.3) is 0 Å². The average Bonchev–Trinajstić information content (AvgIpc) is 2.29. The number of carbonyl (C=O) groups is 1. The molecular formula is C15H32N2O2. The molecule has 0 aliphatic carbocycles. The van der Waals surface area contributed by atoms with Gasteiger partial charge < -0.3 is 15.0 Å². The molecule has 4 nitrogen and oxygen atoms in total. The highest BCUT2D eigenvalue weighted by atomic mass is 16.6. The summed E-state index contributed by atoms with van der Waals surface area (Å²) in [5, 5.41) is 3.48. The van der Waals surface area contributed by atoms with Crippen LogP contribution in [0.5, 0.6) is 0 Å². The molecule has 0 aromatic rings. The number of amides is 1. The van der Waals surface area contributed by atoms with Gasteiger partial charge in [-0.3, -0.25) is 0 Å². The van der Waals surface area contributed by atoms with E-state index in [9.17, 15) is 4.79 Å². The standard InChI is InChI=1S/C15H32N2O2/c1-7-8-10-13(2)16-11-9-12-17(6)14(18)19-15(3,4)5/h13,16H,7-12H2,1-6H3. The smallest absolute Gasteiger partial charge is 0.410 e. The van der Waals surface area contributed by atoms with E-state index in [0.29, 0.717) is 6.04 Å². The normalized spacial score (nSPS) is 13.2. The van der Waals surface area contributed by atoms with Crippen LogP contribution in [0.25, 0.3) is 0 Å². The highest BCUT2D eigenvalue weighted by molar-refractivity contribution is 5.67. The minimum atomic E-state index is -0.418. The Morgan fingerprint density at radius 2 is 1.95 bits per heavy atom. The number of nitrogens with zero attached hydrogens (tertiary/aromatic N) is 1. The molecule has 1 unspecified atom stereocenters. The Labute approximate surface area is 118 Å². The van der Waals surface area contributed by atoms with Crippen molar-refractivity contribution >= 4 is 6.09 Å². The number of carbonyl (C=O) groups excluding carboxylic acids is 1. The molecule has 1 atom stereocenters. The van der Waals surface area contributed by atoms with E-state index in [2.05, 4.69) is 19.2 Å². The van der Waals surface area contributed by atoms with Crippen molar-refractivity contribution in [2.24, 2.45) is 0 Å². The third-order valence-corrected chi connectivity index (χ3v) is 2.86. The maximum atomic E-state index is 11.7. The molecule has 0 fully saturated rings. The number of ether oxygens (including phenoxy) is 1. The molecule has 1 amide bonds. The van der Waals surface area contributed by atoms with Crippen LogP contribution in [-0.4, -0.2) is 42.8 Å². The van der Waals surface area contributed by atoms with Crippen molar-refractivity contribution in [3.05, 3.63) is 0 Å². The van der Waals surface area contributed by atoms with Gasteiger partial charge in [-0.1, -0.05) is 19.8 Å². The Hall–Kier alpha value is -0.770. The lowest BCUT2D eigenvalue weighted by molar-refractivity contribution is 0.0297. The van der Waals surface area contributed by atoms with Gasteiger partial charge in [-0.2, -0.15) is 0 Å². The van der Waals surface area contributed by atoms with Crippen LogP contribution in [0.15, 0.2) is 0 Å². The fraction of sp³-hybridized carbons (Fsp3) is 0.933. The third-order valence-electron chi connectivity index (χ3n) is 2.86. The molecule has 0 heterocycles. The summed E-state index contributed by atoms with van der Waals surface area (Å²) in [6.07, 6.45) is 4.44. The molecule has 0 rings (SSSR count). The summed E-state index contributed by atoms with van der Waals surface area (Å²) in [6.45, 7) is 11.7. The zero-order chi connectivity index (χ0) is 14.9. The van der Waals surface area contributed by atoms with E-state index >= 15 is 0 Å². The Kier molecular flexibility index (Phi) is 8.81. The van der Waals surface area contributed by atoms with Gasteiger partial charge in [0.15, 0.2) is 0 Å². The second-order valence-electron chi connectivity index (χ2n) is 6.25. The van der Waals surface area contributed by atoms with Crippen LogP contribution in [0.3, 0.4) is 0 Å². The SMILES string of the molecule is CCCCC(C)NCCCN(C)C(=O)OC(C)(C)C. The van der Waals surface area contributed by atoms with E-state index in [1.165, 1.54) is 19.3 Å². The molecule has 0 bridgehead atoms. The number of hydrogen-bond donors (Lipinski definition) is 1. The second kappa shape index (κ2) is 9.18. The molecule has 0 saturated carbocycles. The molecule has 4 heteroatoms. The molecule has 0 aromatic carbocycles. The predicted molar refractivity (Wildman–Crippen MR) is 80.5 cm³/mol. The van der Waals surface area contributed by atoms with E-state index in [4.69, 9.17) is 4.74 Å². The monoisotopic (exact) mass is 272 g/mol. The summed E-state index contributed by atoms with van der Waals surface area (Å²) >= 11 is 0. The lowest BCUT2D eigenvalue weighted by Crippen LogP contribution is -2.36. The Morgan fingerprint density at radius 3 is 2.47 bits per heavy atom. The van der Waals surface area contributed by atoms with Crippen molar-refractivity contribution in [2.75, 3.05) is 20.1 Å². The molecule has 1 N–H and O–H groups in total. The summed E-state index contributed by atoms with van der Waals surface area (Å²) in [6, 6.07) is 0.562. The van der Waals surface area contributed by atoms with Crippen molar-refractivity contribution in [1.29, 1.82) is 0 Å². The van der Waals surface area contributed by atoms with Gasteiger partial charge >= 0.3 is 6.09 Å². The van der Waals surface area contributed by atoms with E-state index in [-0.39, 0.29) is 6.09 Å². The highest BCUT2D eigenvalue weighted by Crippen LogP contribution is 2.09. The zero-order valence-electron chi connectivity index (χ0n) is 13.6. The molecule has 114 valence electrons. The zero-order valence-corrected chi connectivity index (χ0v) is 13.6. The van der Waals surface area contributed by atoms with Crippen molar-refractivity contribution < 1.29 is 9.53 Å². The highest BCUT2D eigenvalue weighted by Gasteiger charge is 2.19. The third kappa shape index (κ3) is 10.8. The Morgan fingerprint density at radius 1 is 1.32 bits per heavy atom. The van der Waals surface area contributed by atoms with Gasteiger partial charge in [0.2, 0.25) is 0 Å². The first kappa shape index (κ1) is 18.2. The molecule has 0 radical (unpaired) electrons. The van der Waals surface area contributed by atoms with Crippen LogP contribution in [0.1, 0.15) is 60.3 Å². The Bertz CT molecular complexity index is 249. The van der Waals surface area contributed by atoms with Gasteiger partial charge in [-0.05, 0) is 47.1 Å². The van der Waals surface area contributed by atoms with Crippen molar-refractivity contribution in [3.8, 4) is 0 Å². The van der Waals surface area contributed by atoms with Gasteiger partial charge in [0.05, 0.1) is 0 Å². The van der Waals surface area contributed by atoms with Gasteiger partial charge in [0.1, 0.15) is 5.60 Å². The van der Waals surface area contributed by atoms with Crippen LogP contribution in [-0.2, 0) is 4.74 Å². The Balaban J connectivity index is 3.68. The summed E-state index contributed by atoms with van der Waals surface area (Å²) in [5.74, 6) is 0. The molecular weight excluding hydrogens is 240 g/mol. The van der Waals surface area contributed by atoms with Crippen LogP contribution in [0.2, 0.25) is 0 Å². The second-order valence-corrected chi connectivity index (χ2v) is 6.25. The quantitative estimate of drug-likeness (QED) is 0.688. The van der Waals surface area contributed by atoms with Gasteiger partial charge in [0, 0.05) is 19.6 Å². The lowest BCUT2D eigenvalue weighted by atomic mass is 10.1. The summed E-state index contributed by atoms with van der Waals surface area (Å²) < 4.78 is 5.30. The topological polar surface area (TPSA) is 41.6 Å². The number of nitrogens with one attached hydrogen (secondary N) is 1. The molecule has 19 heavy (non-hydrogen) atoms. The average molecular weight is 272 g/mol. The van der Waals surface area contributed by atoms with Crippen LogP contribution < -0.4 is 5.32 Å². The number of rotatable bonds is 8. The minimum absolute atomic E-state index is 0.244. The molecule has 0 aliphatic heterocycles. The summed E-state index contributed by atoms with van der Waals surface area (Å²) in [5.41, 5.74) is -0.418. The van der Waals surface area contributed by atoms with Crippen molar-refractivity contribution in [3.63, 3.8) is 0 Å². The molecule has 0 aromatic heterocycles. The fourth-order valence-corrected chi connectivity index (χ4v) is 1.71. The largest absolute Gasteiger partial charge is 0.444 e. The van der Waals surface area contributed by atoms with Gasteiger partial charge in [-0.25, -0.2) is 4.79 Å². The van der Waals surface area contributed by atoms with Crippen LogP contribution in [0.4, 0.5) is 4.79 Å². The van der Waals surface area contributed by atoms with Crippen molar-refractivity contribution in [2.45, 2.75) is 71.9 Å².